The summed E-state index contributed by atoms with van der Waals surface area (Å²) in [7, 11) is 1.57. The molecule has 1 fully saturated rings. The van der Waals surface area contributed by atoms with Crippen molar-refractivity contribution in [3.05, 3.63) is 89.1 Å². The van der Waals surface area contributed by atoms with Crippen molar-refractivity contribution in [3.8, 4) is 0 Å². The van der Waals surface area contributed by atoms with E-state index < -0.39 is 11.6 Å². The number of amides is 1. The van der Waals surface area contributed by atoms with Gasteiger partial charge in [0.1, 0.15) is 12.9 Å². The van der Waals surface area contributed by atoms with E-state index in [-0.39, 0.29) is 12.9 Å². The zero-order valence-corrected chi connectivity index (χ0v) is 22.0. The summed E-state index contributed by atoms with van der Waals surface area (Å²) >= 11 is 0. The lowest BCUT2D eigenvalue weighted by Crippen LogP contribution is -2.57. The predicted molar refractivity (Wildman–Crippen MR) is 149 cm³/mol. The van der Waals surface area contributed by atoms with Crippen molar-refractivity contribution in [2.45, 2.75) is 50.9 Å². The van der Waals surface area contributed by atoms with Gasteiger partial charge in [0.05, 0.1) is 23.0 Å². The number of carbonyl (C=O) groups is 1. The summed E-state index contributed by atoms with van der Waals surface area (Å²) in [6.45, 7) is 4.13. The molecule has 1 N–H and O–H groups in total. The Hall–Kier alpha value is -3.88. The first-order valence-electron chi connectivity index (χ1n) is 12.9. The third-order valence-corrected chi connectivity index (χ3v) is 7.29. The van der Waals surface area contributed by atoms with Crippen molar-refractivity contribution in [2.24, 2.45) is 9.98 Å². The molecule has 0 spiro atoms. The van der Waals surface area contributed by atoms with Crippen LogP contribution in [0.3, 0.4) is 0 Å². The van der Waals surface area contributed by atoms with Gasteiger partial charge in [-0.15, -0.1) is 0 Å². The molecule has 1 aromatic heterocycles. The minimum Gasteiger partial charge on any atom is -0.393 e. The molecule has 1 atom stereocenters. The molecule has 0 bridgehead atoms. The average Bonchev–Trinajstić information content (AvgIpc) is 3.30. The molecule has 1 unspecified atom stereocenters. The lowest BCUT2D eigenvalue weighted by atomic mass is 9.68. The van der Waals surface area contributed by atoms with Crippen LogP contribution >= 0.6 is 0 Å². The fourth-order valence-electron chi connectivity index (χ4n) is 5.39. The number of hydrogen-bond donors (Lipinski definition) is 1. The van der Waals surface area contributed by atoms with E-state index in [1.54, 1.807) is 12.0 Å². The number of benzene rings is 2. The second-order valence-electron chi connectivity index (χ2n) is 9.89. The molecule has 38 heavy (non-hydrogen) atoms. The van der Waals surface area contributed by atoms with E-state index in [0.29, 0.717) is 19.3 Å². The summed E-state index contributed by atoms with van der Waals surface area (Å²) in [4.78, 5) is 23.4. The zero-order valence-electron chi connectivity index (χ0n) is 22.0. The van der Waals surface area contributed by atoms with E-state index in [1.165, 1.54) is 0 Å². The second kappa shape index (κ2) is 10.8. The molecule has 5 rings (SSSR count). The number of hydrogen-bond acceptors (Lipinski definition) is 6. The second-order valence-corrected chi connectivity index (χ2v) is 9.89. The summed E-state index contributed by atoms with van der Waals surface area (Å²) in [5.74, 6) is 0.780. The Morgan fingerprint density at radius 2 is 1.87 bits per heavy atom. The van der Waals surface area contributed by atoms with Crippen LogP contribution in [0, 0.1) is 6.92 Å². The average molecular weight is 512 g/mol. The number of methoxy groups -OCH3 is 1. The fraction of sp³-hybridized carbons (Fsp3) is 0.333. The van der Waals surface area contributed by atoms with E-state index in [9.17, 15) is 9.90 Å². The molecule has 2 heterocycles. The van der Waals surface area contributed by atoms with Gasteiger partial charge >= 0.3 is 0 Å². The van der Waals surface area contributed by atoms with Crippen LogP contribution in [0.4, 0.5) is 5.82 Å². The molecule has 3 aromatic rings. The molecular formula is C30H33N5O3. The maximum Gasteiger partial charge on any atom is 0.212 e. The third kappa shape index (κ3) is 4.85. The number of rotatable bonds is 7. The van der Waals surface area contributed by atoms with Gasteiger partial charge in [0, 0.05) is 49.8 Å². The van der Waals surface area contributed by atoms with Gasteiger partial charge in [0.25, 0.3) is 0 Å². The van der Waals surface area contributed by atoms with E-state index in [4.69, 9.17) is 9.73 Å². The topological polar surface area (TPSA) is 92.3 Å². The maximum atomic E-state index is 11.9. The molecule has 196 valence electrons. The molecule has 1 amide bonds. The normalized spacial score (nSPS) is 23.1. The smallest absolute Gasteiger partial charge is 0.212 e. The van der Waals surface area contributed by atoms with Crippen molar-refractivity contribution < 1.29 is 14.6 Å². The molecular weight excluding hydrogens is 478 g/mol. The number of aliphatic hydroxyl groups is 1. The van der Waals surface area contributed by atoms with Crippen LogP contribution in [0.25, 0.3) is 5.57 Å². The Kier molecular flexibility index (Phi) is 7.35. The van der Waals surface area contributed by atoms with Crippen molar-refractivity contribution >= 4 is 29.7 Å². The lowest BCUT2D eigenvalue weighted by Gasteiger charge is -2.51. The molecule has 2 aliphatic rings. The van der Waals surface area contributed by atoms with Crippen LogP contribution < -0.4 is 0 Å². The highest BCUT2D eigenvalue weighted by Crippen LogP contribution is 2.46. The first-order chi connectivity index (χ1) is 18.4. The molecule has 1 aliphatic heterocycles. The Bertz CT molecular complexity index is 1370. The van der Waals surface area contributed by atoms with Gasteiger partial charge in [-0.1, -0.05) is 60.7 Å². The van der Waals surface area contributed by atoms with Gasteiger partial charge < -0.3 is 14.7 Å². The number of aromatic nitrogens is 2. The summed E-state index contributed by atoms with van der Waals surface area (Å²) in [6, 6.07) is 20.4. The van der Waals surface area contributed by atoms with Crippen molar-refractivity contribution in [1.82, 2.24) is 14.7 Å². The molecule has 0 saturated heterocycles. The van der Waals surface area contributed by atoms with Crippen LogP contribution in [-0.2, 0) is 15.1 Å². The number of aryl methyl sites for hydroxylation is 1. The monoisotopic (exact) mass is 511 g/mol. The van der Waals surface area contributed by atoms with E-state index >= 15 is 0 Å². The highest BCUT2D eigenvalue weighted by atomic mass is 16.5. The van der Waals surface area contributed by atoms with E-state index in [1.807, 2.05) is 61.1 Å². The Balaban J connectivity index is 1.59. The third-order valence-electron chi connectivity index (χ3n) is 7.29. The van der Waals surface area contributed by atoms with Crippen molar-refractivity contribution in [2.75, 3.05) is 13.8 Å². The molecule has 1 aliphatic carbocycles. The Labute approximate surface area is 223 Å². The van der Waals surface area contributed by atoms with Gasteiger partial charge in [-0.2, -0.15) is 5.10 Å². The molecule has 0 radical (unpaired) electrons. The van der Waals surface area contributed by atoms with E-state index in [0.717, 1.165) is 45.9 Å². The highest BCUT2D eigenvalue weighted by Gasteiger charge is 2.49. The minimum absolute atomic E-state index is 0.163. The van der Waals surface area contributed by atoms with E-state index in [2.05, 4.69) is 40.4 Å². The number of ether oxygens (including phenoxy) is 1. The predicted octanol–water partition coefficient (Wildman–Crippen LogP) is 4.80. The number of aliphatic hydroxyl groups excluding tert-OH is 1. The summed E-state index contributed by atoms with van der Waals surface area (Å²) < 4.78 is 7.13. The zero-order chi connectivity index (χ0) is 26.7. The maximum absolute atomic E-state index is 11.9. The summed E-state index contributed by atoms with van der Waals surface area (Å²) in [5, 5.41) is 14.8. The highest BCUT2D eigenvalue weighted by molar-refractivity contribution is 6.32. The number of allylic oxidation sites excluding steroid dienone is 2. The molecule has 1 saturated carbocycles. The standard InChI is InChI=1S/C30H33N5O3/c1-21-16-28-31-15-7-10-27(23-8-5-4-6-9-23)29(32-22(2)35(28)33-21)24-11-13-25(14-12-24)30(17-26(37)18-30)34(19-36)20-38-3/h4-6,8-16,19,22,26,37H,7,17-18,20H2,1-3H3. The van der Waals surface area contributed by atoms with Crippen LogP contribution in [0.15, 0.2) is 76.7 Å². The minimum atomic E-state index is -0.586. The van der Waals surface area contributed by atoms with Crippen LogP contribution in [0.5, 0.6) is 0 Å². The SMILES string of the molecule is COCN(C=O)C1(c2ccc(C3=NC(C)n4nc(C)cc4N=CCC=C3c3ccccc3)cc2)CC(O)C1. The Morgan fingerprint density at radius 1 is 1.13 bits per heavy atom. The fourth-order valence-corrected chi connectivity index (χ4v) is 5.39. The number of aliphatic imine (C=N–C) groups is 2. The summed E-state index contributed by atoms with van der Waals surface area (Å²) in [6.07, 6.45) is 5.74. The van der Waals surface area contributed by atoms with Gasteiger partial charge in [0.15, 0.2) is 5.82 Å². The van der Waals surface area contributed by atoms with Gasteiger partial charge in [-0.25, -0.2) is 9.67 Å². The number of fused-ring (bicyclic) bond motifs is 1. The largest absolute Gasteiger partial charge is 0.393 e. The first-order valence-corrected chi connectivity index (χ1v) is 12.9. The quantitative estimate of drug-likeness (QED) is 0.364. The van der Waals surface area contributed by atoms with Gasteiger partial charge in [0.2, 0.25) is 6.41 Å². The van der Waals surface area contributed by atoms with Crippen LogP contribution in [-0.4, -0.2) is 58.1 Å². The van der Waals surface area contributed by atoms with Crippen molar-refractivity contribution in [3.63, 3.8) is 0 Å². The van der Waals surface area contributed by atoms with Crippen LogP contribution in [0.1, 0.15) is 54.7 Å². The first kappa shape index (κ1) is 25.8. The molecule has 8 nitrogen and oxygen atoms in total. The van der Waals surface area contributed by atoms with Crippen LogP contribution in [0.2, 0.25) is 0 Å². The van der Waals surface area contributed by atoms with Gasteiger partial charge in [-0.05, 0) is 25.0 Å². The molecule has 2 aromatic carbocycles. The van der Waals surface area contributed by atoms with Gasteiger partial charge in [-0.3, -0.25) is 9.79 Å². The number of nitrogens with zero attached hydrogens (tertiary/aromatic N) is 5. The lowest BCUT2D eigenvalue weighted by molar-refractivity contribution is -0.148. The molecule has 8 heteroatoms. The Morgan fingerprint density at radius 3 is 2.53 bits per heavy atom. The van der Waals surface area contributed by atoms with Crippen molar-refractivity contribution in [1.29, 1.82) is 0 Å². The summed E-state index contributed by atoms with van der Waals surface area (Å²) in [5.41, 5.74) is 5.17. The number of carbonyl (C=O) groups excluding carboxylic acids is 1.